The van der Waals surface area contributed by atoms with Crippen LogP contribution in [0.25, 0.3) is 22.3 Å². The summed E-state index contributed by atoms with van der Waals surface area (Å²) >= 11 is 0. The minimum Gasteiger partial charge on any atom is -0.465 e. The Bertz CT molecular complexity index is 4300. The molecule has 0 aliphatic heterocycles. The fourth-order valence-corrected chi connectivity index (χ4v) is 13.3. The molecule has 0 heterocycles. The minimum absolute atomic E-state index is 0. The summed E-state index contributed by atoms with van der Waals surface area (Å²) in [5.41, 5.74) is 14.0. The van der Waals surface area contributed by atoms with E-state index < -0.39 is 54.9 Å². The third-order valence-corrected chi connectivity index (χ3v) is 20.1. The third-order valence-electron chi connectivity index (χ3n) is 19.1. The number of halogens is 2. The van der Waals surface area contributed by atoms with Gasteiger partial charge in [-0.3, -0.25) is 38.1 Å². The van der Waals surface area contributed by atoms with Crippen molar-refractivity contribution < 1.29 is 86.7 Å². The Morgan fingerprint density at radius 2 is 0.902 bits per heavy atom. The lowest BCUT2D eigenvalue weighted by atomic mass is 9.92. The van der Waals surface area contributed by atoms with Crippen LogP contribution in [0.3, 0.4) is 0 Å². The van der Waals surface area contributed by atoms with Gasteiger partial charge in [-0.1, -0.05) is 172 Å². The highest BCUT2D eigenvalue weighted by Crippen LogP contribution is 2.59. The van der Waals surface area contributed by atoms with E-state index in [1.807, 2.05) is 91.9 Å². The zero-order valence-electron chi connectivity index (χ0n) is 64.7. The summed E-state index contributed by atoms with van der Waals surface area (Å²) in [5, 5.41) is 13.7. The van der Waals surface area contributed by atoms with Crippen molar-refractivity contribution in [3.63, 3.8) is 0 Å². The molecule has 0 saturated heterocycles. The van der Waals surface area contributed by atoms with Crippen LogP contribution in [0.5, 0.6) is 0 Å². The van der Waals surface area contributed by atoms with Crippen molar-refractivity contribution in [1.82, 2.24) is 26.6 Å². The third kappa shape index (κ3) is 28.3. The number of fused-ring (bicyclic) bond motifs is 6. The van der Waals surface area contributed by atoms with Crippen molar-refractivity contribution in [1.29, 1.82) is 0 Å². The molecule has 9 rings (SSSR count). The van der Waals surface area contributed by atoms with Gasteiger partial charge in [0.1, 0.15) is 31.4 Å². The van der Waals surface area contributed by atoms with Crippen LogP contribution in [-0.2, 0) is 72.5 Å². The van der Waals surface area contributed by atoms with E-state index in [-0.39, 0.29) is 86.3 Å². The van der Waals surface area contributed by atoms with Gasteiger partial charge >= 0.3 is 31.4 Å². The number of unbranched alkanes of at least 4 members (excludes halogenated alkanes) is 3. The van der Waals surface area contributed by atoms with Crippen LogP contribution in [-0.4, -0.2) is 126 Å². The highest BCUT2D eigenvalue weighted by Gasteiger charge is 2.50. The molecule has 4 atom stereocenters. The smallest absolute Gasteiger partial charge is 0.407 e. The van der Waals surface area contributed by atoms with E-state index in [0.29, 0.717) is 87.9 Å². The summed E-state index contributed by atoms with van der Waals surface area (Å²) in [6.07, 6.45) is 7.60. The predicted octanol–water partition coefficient (Wildman–Crippen LogP) is 14.5. The van der Waals surface area contributed by atoms with Crippen LogP contribution >= 0.6 is 7.60 Å². The van der Waals surface area contributed by atoms with Crippen LogP contribution in [0, 0.1) is 5.92 Å². The topological polar surface area (TPSA) is 342 Å². The highest BCUT2D eigenvalue weighted by atomic mass is 31.2. The first-order valence-corrected chi connectivity index (χ1v) is 39.4. The molecule has 0 saturated carbocycles. The lowest BCUT2D eigenvalue weighted by molar-refractivity contribution is -0.141. The van der Waals surface area contributed by atoms with Gasteiger partial charge in [0.05, 0.1) is 18.1 Å². The molecule has 0 fully saturated rings. The average molecular weight is 1560 g/mol. The van der Waals surface area contributed by atoms with Gasteiger partial charge in [0.2, 0.25) is 5.91 Å². The van der Waals surface area contributed by atoms with Crippen LogP contribution in [0.4, 0.5) is 18.4 Å². The fourth-order valence-electron chi connectivity index (χ4n) is 12.8. The number of hydrogen-bond acceptors (Lipinski definition) is 15. The Labute approximate surface area is 655 Å². The standard InChI is InChI=1S/C29H37F2N2O7P.C26H30N2O5.C16H24N2O2.C16H14O2.H2/c1-4-21-8-12-23(13-9-21)27(36)32-16-6-5-7-26(20(3)35)33-28(37)24(17-19(2)34)18-22-10-14-25(15-11-22)29(30,31)41(38,39)40;1-3-16-32-25(30)27-15-9-8-14-24(18(2)29)28-26(31)33-17-23-21-12-6-4-10-19(21)20-11-5-7-13-22(20)23;1-3-13-7-9-14(10-8-13)16(20)18-11-5-4-6-15(17)12(2)19;1-11(17)18-10-16-14-8-4-2-6-12(14)13-7-3-5-9-15(13)16;/h8-15,24,26H,4-7,16-18H2,1-3H3,(H,32,36)(H,33,37)(H2,38,39,40);3-7,10-13,23-24H,1,8-9,14-17H2,2H3,(H,27,30)(H,28,31);7-10,15H,3-6,11,17H2,1-2H3,(H,18,20);2-9,16H,10H2,1H3;1H. The Morgan fingerprint density at radius 3 is 1.29 bits per heavy atom. The van der Waals surface area contributed by atoms with E-state index >= 15 is 0 Å². The van der Waals surface area contributed by atoms with Gasteiger partial charge in [0.15, 0.2) is 11.6 Å². The molecule has 600 valence electrons. The van der Waals surface area contributed by atoms with Crippen molar-refractivity contribution in [3.8, 4) is 22.3 Å². The summed E-state index contributed by atoms with van der Waals surface area (Å²) in [6, 6.07) is 50.2. The largest absolute Gasteiger partial charge is 0.465 e. The van der Waals surface area contributed by atoms with E-state index in [0.717, 1.165) is 65.6 Å². The molecular formula is C87H107F2N6O16P. The SMILES string of the molecule is C=CCOC(=O)NCCCCC(NC(=O)OCC1c2ccccc2-c2ccccc21)C(C)=O.CC(=O)OCC1c2ccccc2-c2ccccc21.CCc1ccc(C(=O)NCCCCC(N)C(C)=O)cc1.CCc1ccc(C(=O)NCCCCC(NC(=O)C(CC(C)=O)Cc2ccc(C(F)(F)P(=O)(O)O)cc2)C(C)=O)cc1.[HH]. The number of carbonyl (C=O) groups excluding carboxylic acids is 10. The van der Waals surface area contributed by atoms with E-state index in [9.17, 15) is 61.3 Å². The molecule has 7 aromatic rings. The summed E-state index contributed by atoms with van der Waals surface area (Å²) in [4.78, 5) is 137. The molecule has 25 heteroatoms. The van der Waals surface area contributed by atoms with Crippen LogP contribution in [0.15, 0.2) is 183 Å². The second kappa shape index (κ2) is 45.6. The number of hydrogen-bond donors (Lipinski definition) is 8. The number of amides is 5. The number of alkyl carbamates (subject to hydrolysis) is 2. The predicted molar refractivity (Wildman–Crippen MR) is 429 cm³/mol. The van der Waals surface area contributed by atoms with E-state index in [1.165, 1.54) is 80.6 Å². The van der Waals surface area contributed by atoms with Gasteiger partial charge < -0.3 is 61.1 Å². The van der Waals surface area contributed by atoms with Gasteiger partial charge in [0.25, 0.3) is 11.8 Å². The number of nitrogens with one attached hydrogen (secondary N) is 5. The van der Waals surface area contributed by atoms with Crippen molar-refractivity contribution in [3.05, 3.63) is 238 Å². The van der Waals surface area contributed by atoms with E-state index in [4.69, 9.17) is 29.7 Å². The Kier molecular flexibility index (Phi) is 36.8. The lowest BCUT2D eigenvalue weighted by Crippen LogP contribution is -2.43. The average Bonchev–Trinajstić information content (AvgIpc) is 1.68. The maximum absolute atomic E-state index is 13.9. The molecule has 9 N–H and O–H groups in total. The summed E-state index contributed by atoms with van der Waals surface area (Å²) in [6.45, 7) is 16.8. The minimum atomic E-state index is -5.72. The van der Waals surface area contributed by atoms with Crippen molar-refractivity contribution in [2.45, 2.75) is 168 Å². The summed E-state index contributed by atoms with van der Waals surface area (Å²) in [7, 11) is -5.72. The first-order valence-electron chi connectivity index (χ1n) is 37.8. The van der Waals surface area contributed by atoms with Gasteiger partial charge in [-0.2, -0.15) is 8.78 Å². The molecule has 112 heavy (non-hydrogen) atoms. The first-order chi connectivity index (χ1) is 53.5. The van der Waals surface area contributed by atoms with E-state index in [2.05, 4.69) is 88.6 Å². The van der Waals surface area contributed by atoms with Crippen molar-refractivity contribution in [2.24, 2.45) is 11.7 Å². The molecule has 4 unspecified atom stereocenters. The number of rotatable bonds is 37. The van der Waals surface area contributed by atoms with Gasteiger partial charge in [0, 0.05) is 68.8 Å². The molecular weight excluding hydrogens is 1450 g/mol. The zero-order valence-corrected chi connectivity index (χ0v) is 65.6. The second-order valence-electron chi connectivity index (χ2n) is 27.6. The number of carbonyl (C=O) groups is 10. The second-order valence-corrected chi connectivity index (χ2v) is 29.2. The number of benzene rings is 7. The number of esters is 1. The molecule has 7 aromatic carbocycles. The summed E-state index contributed by atoms with van der Waals surface area (Å²) in [5.74, 6) is -2.46. The monoisotopic (exact) mass is 1560 g/mol. The van der Waals surface area contributed by atoms with Crippen LogP contribution in [0.2, 0.25) is 0 Å². The number of ether oxygens (including phenoxy) is 3. The number of Topliss-reactive ketones (excluding diaryl/α,β-unsaturated/α-hetero) is 4. The van der Waals surface area contributed by atoms with E-state index in [1.54, 1.807) is 12.1 Å². The van der Waals surface area contributed by atoms with Gasteiger partial charge in [-0.15, -0.1) is 0 Å². The number of alkyl halides is 2. The number of nitrogens with two attached hydrogens (primary N) is 1. The highest BCUT2D eigenvalue weighted by molar-refractivity contribution is 7.52. The van der Waals surface area contributed by atoms with Crippen molar-refractivity contribution >= 4 is 66.6 Å². The maximum atomic E-state index is 13.9. The molecule has 0 radical (unpaired) electrons. The molecule has 0 spiro atoms. The molecule has 0 aromatic heterocycles. The Morgan fingerprint density at radius 1 is 0.509 bits per heavy atom. The number of aryl methyl sites for hydroxylation is 2. The fraction of sp³-hybridized carbons (Fsp3) is 0.379. The van der Waals surface area contributed by atoms with Crippen molar-refractivity contribution in [2.75, 3.05) is 39.5 Å². The quantitative estimate of drug-likeness (QED) is 0.00589. The lowest BCUT2D eigenvalue weighted by Gasteiger charge is -2.21. The van der Waals surface area contributed by atoms with Gasteiger partial charge in [-0.25, -0.2) is 9.59 Å². The Balaban J connectivity index is 0.000000282. The van der Waals surface area contributed by atoms with Crippen LogP contribution < -0.4 is 32.3 Å². The maximum Gasteiger partial charge on any atom is 0.407 e. The first kappa shape index (κ1) is 90.2. The van der Waals surface area contributed by atoms with Gasteiger partial charge in [-0.05, 0) is 190 Å². The summed E-state index contributed by atoms with van der Waals surface area (Å²) < 4.78 is 54.6. The zero-order chi connectivity index (χ0) is 81.9. The molecule has 2 aliphatic carbocycles. The molecule has 5 amide bonds. The molecule has 0 bridgehead atoms. The normalized spacial score (nSPS) is 12.8. The molecule has 2 aliphatic rings. The molecule has 22 nitrogen and oxygen atoms in total. The van der Waals surface area contributed by atoms with Crippen LogP contribution in [0.1, 0.15) is 191 Å². The Hall–Kier alpha value is -10.7. The number of ketones is 4.